The van der Waals surface area contributed by atoms with Crippen LogP contribution in [0.1, 0.15) is 49.5 Å². The number of hydrogen-bond donors (Lipinski definition) is 0. The van der Waals surface area contributed by atoms with Crippen LogP contribution in [0.5, 0.6) is 5.75 Å². The van der Waals surface area contributed by atoms with Crippen LogP contribution in [0.25, 0.3) is 0 Å². The summed E-state index contributed by atoms with van der Waals surface area (Å²) in [6.45, 7) is 7.51. The van der Waals surface area contributed by atoms with E-state index in [4.69, 9.17) is 4.74 Å². The molecule has 0 aliphatic rings. The Labute approximate surface area is 108 Å². The summed E-state index contributed by atoms with van der Waals surface area (Å²) in [5.41, 5.74) is 1.39. The highest BCUT2D eigenvalue weighted by molar-refractivity contribution is 6.44. The molecule has 1 rings (SSSR count). The maximum atomic E-state index is 12.0. The lowest BCUT2D eigenvalue weighted by molar-refractivity contribution is -0.117. The van der Waals surface area contributed by atoms with Crippen LogP contribution in [0, 0.1) is 5.92 Å². The number of rotatable bonds is 5. The molecule has 1 aromatic carbocycles. The van der Waals surface area contributed by atoms with Crippen LogP contribution in [-0.2, 0) is 4.79 Å². The summed E-state index contributed by atoms with van der Waals surface area (Å²) in [4.78, 5) is 23.7. The summed E-state index contributed by atoms with van der Waals surface area (Å²) in [5.74, 6) is -0.0630. The number of Topliss-reactive ketones (excluding diaryl/α,β-unsaturated/α-hetero) is 2. The van der Waals surface area contributed by atoms with Crippen molar-refractivity contribution in [1.29, 1.82) is 0 Å². The monoisotopic (exact) mass is 248 g/mol. The first kappa shape index (κ1) is 14.4. The Morgan fingerprint density at radius 3 is 2.17 bits per heavy atom. The molecule has 0 spiro atoms. The molecule has 0 heterocycles. The van der Waals surface area contributed by atoms with Gasteiger partial charge in [0.1, 0.15) is 5.75 Å². The number of methoxy groups -OCH3 is 1. The molecular formula is C15H20O3. The molecule has 0 amide bonds. The van der Waals surface area contributed by atoms with E-state index in [2.05, 4.69) is 0 Å². The lowest BCUT2D eigenvalue weighted by atomic mass is 9.94. The zero-order valence-electron chi connectivity index (χ0n) is 11.6. The molecule has 0 radical (unpaired) electrons. The van der Waals surface area contributed by atoms with Gasteiger partial charge in [-0.1, -0.05) is 27.7 Å². The molecule has 0 fully saturated rings. The van der Waals surface area contributed by atoms with Gasteiger partial charge in [-0.2, -0.15) is 0 Å². The van der Waals surface area contributed by atoms with Gasteiger partial charge in [-0.05, 0) is 29.7 Å². The maximum Gasteiger partial charge on any atom is 0.228 e. The predicted octanol–water partition coefficient (Wildman–Crippen LogP) is 3.23. The van der Waals surface area contributed by atoms with Crippen molar-refractivity contribution in [3.63, 3.8) is 0 Å². The van der Waals surface area contributed by atoms with E-state index < -0.39 is 5.78 Å². The van der Waals surface area contributed by atoms with E-state index >= 15 is 0 Å². The van der Waals surface area contributed by atoms with Crippen molar-refractivity contribution in [2.24, 2.45) is 5.92 Å². The van der Waals surface area contributed by atoms with Crippen LogP contribution in [0.4, 0.5) is 0 Å². The number of ether oxygens (including phenoxy) is 1. The van der Waals surface area contributed by atoms with E-state index in [1.54, 1.807) is 39.2 Å². The molecule has 0 saturated carbocycles. The molecule has 0 unspecified atom stereocenters. The molecule has 0 bridgehead atoms. The molecule has 0 atom stereocenters. The molecule has 0 aliphatic carbocycles. The fourth-order valence-electron chi connectivity index (χ4n) is 1.73. The first-order valence-corrected chi connectivity index (χ1v) is 6.15. The Kier molecular flexibility index (Phi) is 4.65. The molecule has 3 nitrogen and oxygen atoms in total. The number of carbonyl (C=O) groups excluding carboxylic acids is 2. The van der Waals surface area contributed by atoms with Crippen LogP contribution >= 0.6 is 0 Å². The summed E-state index contributed by atoms with van der Waals surface area (Å²) in [5, 5.41) is 0. The van der Waals surface area contributed by atoms with E-state index in [0.717, 1.165) is 11.3 Å². The minimum atomic E-state index is -0.422. The maximum absolute atomic E-state index is 12.0. The molecule has 0 N–H and O–H groups in total. The second kappa shape index (κ2) is 5.80. The van der Waals surface area contributed by atoms with E-state index in [1.807, 2.05) is 13.8 Å². The van der Waals surface area contributed by atoms with Crippen LogP contribution in [0.15, 0.2) is 18.2 Å². The standard InChI is InChI=1S/C15H20O3/c1-9(2)12-8-11(6-7-13(12)18-5)15(17)14(16)10(3)4/h6-10H,1-5H3. The Balaban J connectivity index is 3.16. The lowest BCUT2D eigenvalue weighted by Gasteiger charge is -2.13. The smallest absolute Gasteiger partial charge is 0.228 e. The van der Waals surface area contributed by atoms with E-state index in [1.165, 1.54) is 0 Å². The minimum Gasteiger partial charge on any atom is -0.496 e. The normalized spacial score (nSPS) is 10.8. The average Bonchev–Trinajstić information content (AvgIpc) is 2.35. The van der Waals surface area contributed by atoms with Gasteiger partial charge in [-0.3, -0.25) is 9.59 Å². The third kappa shape index (κ3) is 2.97. The van der Waals surface area contributed by atoms with Crippen molar-refractivity contribution in [3.8, 4) is 5.75 Å². The Morgan fingerprint density at radius 2 is 1.72 bits per heavy atom. The van der Waals surface area contributed by atoms with Crippen LogP contribution < -0.4 is 4.74 Å². The van der Waals surface area contributed by atoms with Crippen LogP contribution in [0.2, 0.25) is 0 Å². The predicted molar refractivity (Wildman–Crippen MR) is 71.3 cm³/mol. The molecule has 0 saturated heterocycles. The van der Waals surface area contributed by atoms with Gasteiger partial charge in [-0.25, -0.2) is 0 Å². The van der Waals surface area contributed by atoms with Crippen LogP contribution in [-0.4, -0.2) is 18.7 Å². The highest BCUT2D eigenvalue weighted by Gasteiger charge is 2.21. The quantitative estimate of drug-likeness (QED) is 0.593. The van der Waals surface area contributed by atoms with Gasteiger partial charge < -0.3 is 4.74 Å². The zero-order valence-corrected chi connectivity index (χ0v) is 11.6. The van der Waals surface area contributed by atoms with Gasteiger partial charge >= 0.3 is 0 Å². The molecular weight excluding hydrogens is 228 g/mol. The number of hydrogen-bond acceptors (Lipinski definition) is 3. The summed E-state index contributed by atoms with van der Waals surface area (Å²) >= 11 is 0. The van der Waals surface area contributed by atoms with Gasteiger partial charge in [-0.15, -0.1) is 0 Å². The number of benzene rings is 1. The minimum absolute atomic E-state index is 0.238. The van der Waals surface area contributed by atoms with Gasteiger partial charge in [0.2, 0.25) is 11.6 Å². The molecule has 98 valence electrons. The Bertz CT molecular complexity index is 459. The van der Waals surface area contributed by atoms with Crippen LogP contribution in [0.3, 0.4) is 0 Å². The first-order chi connectivity index (χ1) is 8.38. The third-order valence-electron chi connectivity index (χ3n) is 2.86. The molecule has 18 heavy (non-hydrogen) atoms. The molecule has 1 aromatic rings. The SMILES string of the molecule is COc1ccc(C(=O)C(=O)C(C)C)cc1C(C)C. The van der Waals surface area contributed by atoms with Crippen molar-refractivity contribution in [1.82, 2.24) is 0 Å². The Hall–Kier alpha value is -1.64. The van der Waals surface area contributed by atoms with Gasteiger partial charge in [0, 0.05) is 11.5 Å². The fraction of sp³-hybridized carbons (Fsp3) is 0.467. The average molecular weight is 248 g/mol. The van der Waals surface area contributed by atoms with Crippen molar-refractivity contribution in [2.45, 2.75) is 33.6 Å². The summed E-state index contributed by atoms with van der Waals surface area (Å²) < 4.78 is 5.25. The van der Waals surface area contributed by atoms with Gasteiger partial charge in [0.15, 0.2) is 0 Å². The van der Waals surface area contributed by atoms with Crippen molar-refractivity contribution in [2.75, 3.05) is 7.11 Å². The largest absolute Gasteiger partial charge is 0.496 e. The van der Waals surface area contributed by atoms with E-state index in [0.29, 0.717) is 5.56 Å². The highest BCUT2D eigenvalue weighted by atomic mass is 16.5. The van der Waals surface area contributed by atoms with Crippen molar-refractivity contribution < 1.29 is 14.3 Å². The molecule has 3 heteroatoms. The van der Waals surface area contributed by atoms with Crippen molar-refractivity contribution in [3.05, 3.63) is 29.3 Å². The zero-order chi connectivity index (χ0) is 13.9. The number of carbonyl (C=O) groups is 2. The topological polar surface area (TPSA) is 43.4 Å². The van der Waals surface area contributed by atoms with E-state index in [-0.39, 0.29) is 17.6 Å². The summed E-state index contributed by atoms with van der Waals surface area (Å²) in [7, 11) is 1.60. The molecule has 0 aliphatic heterocycles. The first-order valence-electron chi connectivity index (χ1n) is 6.15. The van der Waals surface area contributed by atoms with Gasteiger partial charge in [0.25, 0.3) is 0 Å². The number of ketones is 2. The van der Waals surface area contributed by atoms with Gasteiger partial charge in [0.05, 0.1) is 7.11 Å². The Morgan fingerprint density at radius 1 is 1.11 bits per heavy atom. The second-order valence-corrected chi connectivity index (χ2v) is 4.96. The highest BCUT2D eigenvalue weighted by Crippen LogP contribution is 2.27. The van der Waals surface area contributed by atoms with E-state index in [9.17, 15) is 9.59 Å². The summed E-state index contributed by atoms with van der Waals surface area (Å²) in [6.07, 6.45) is 0. The molecule has 0 aromatic heterocycles. The lowest BCUT2D eigenvalue weighted by Crippen LogP contribution is -2.20. The third-order valence-corrected chi connectivity index (χ3v) is 2.86. The van der Waals surface area contributed by atoms with Crippen molar-refractivity contribution >= 4 is 11.6 Å². The fourth-order valence-corrected chi connectivity index (χ4v) is 1.73. The summed E-state index contributed by atoms with van der Waals surface area (Å²) in [6, 6.07) is 5.15. The second-order valence-electron chi connectivity index (χ2n) is 4.96.